The van der Waals surface area contributed by atoms with Crippen LogP contribution < -0.4 is 0 Å². The number of ether oxygens (including phenoxy) is 5. The van der Waals surface area contributed by atoms with Gasteiger partial charge in [-0.05, 0) is 123 Å². The molecule has 12 unspecified atom stereocenters. The van der Waals surface area contributed by atoms with E-state index in [0.717, 1.165) is 96.3 Å². The van der Waals surface area contributed by atoms with Crippen molar-refractivity contribution in [2.75, 3.05) is 6.61 Å². The zero-order valence-corrected chi connectivity index (χ0v) is 62.3. The molecule has 0 bridgehead atoms. The van der Waals surface area contributed by atoms with Gasteiger partial charge in [-0.1, -0.05) is 312 Å². The van der Waals surface area contributed by atoms with E-state index in [1.54, 1.807) is 0 Å². The van der Waals surface area contributed by atoms with Crippen LogP contribution >= 0.6 is 0 Å². The predicted octanol–water partition coefficient (Wildman–Crippen LogP) is 23.2. The van der Waals surface area contributed by atoms with Gasteiger partial charge in [0.05, 0.1) is 12.0 Å². The minimum absolute atomic E-state index is 0.000328. The number of carbonyl (C=O) groups is 4. The molecule has 538 valence electrons. The molecule has 5 aliphatic carbocycles. The summed E-state index contributed by atoms with van der Waals surface area (Å²) in [5, 5.41) is 12.3. The second kappa shape index (κ2) is 40.6. The van der Waals surface area contributed by atoms with Crippen molar-refractivity contribution in [3.8, 4) is 0 Å². The first-order chi connectivity index (χ1) is 44.7. The van der Waals surface area contributed by atoms with Gasteiger partial charge < -0.3 is 28.8 Å². The van der Waals surface area contributed by atoms with Gasteiger partial charge in [0.25, 0.3) is 0 Å². The van der Waals surface area contributed by atoms with Crippen molar-refractivity contribution in [3.63, 3.8) is 0 Å². The normalized spacial score (nSPS) is 30.2. The third kappa shape index (κ3) is 23.0. The molecule has 0 radical (unpaired) electrons. The summed E-state index contributed by atoms with van der Waals surface area (Å²) < 4.78 is 31.5. The third-order valence-electron chi connectivity index (χ3n) is 25.9. The highest BCUT2D eigenvalue weighted by atomic mass is 16.7. The Kier molecular flexibility index (Phi) is 34.7. The molecule has 10 nitrogen and oxygen atoms in total. The number of hydrogen-bond acceptors (Lipinski definition) is 10. The molecule has 1 saturated heterocycles. The maximum absolute atomic E-state index is 15.5. The molecule has 0 aromatic carbocycles. The second-order valence-corrected chi connectivity index (χ2v) is 33.8. The average molecular weight is 1300 g/mol. The molecule has 1 heterocycles. The lowest BCUT2D eigenvalue weighted by Crippen LogP contribution is -2.65. The number of allylic oxidation sites excluding steroid dienone is 2. The van der Waals surface area contributed by atoms with Gasteiger partial charge in [0.2, 0.25) is 6.29 Å². The predicted molar refractivity (Wildman–Crippen MR) is 381 cm³/mol. The topological polar surface area (TPSA) is 135 Å². The van der Waals surface area contributed by atoms with E-state index in [4.69, 9.17) is 23.7 Å². The average Bonchev–Trinajstić information content (AvgIpc) is 0.679. The van der Waals surface area contributed by atoms with Crippen molar-refractivity contribution in [2.45, 2.75) is 434 Å². The maximum Gasteiger partial charge on any atom is 0.315 e. The minimum Gasteiger partial charge on any atom is -0.462 e. The van der Waals surface area contributed by atoms with Gasteiger partial charge >= 0.3 is 23.9 Å². The molecule has 0 aromatic heterocycles. The molecule has 1 aliphatic heterocycles. The molecule has 5 fully saturated rings. The summed E-state index contributed by atoms with van der Waals surface area (Å²) >= 11 is 0. The Morgan fingerprint density at radius 1 is 0.462 bits per heavy atom. The van der Waals surface area contributed by atoms with Crippen molar-refractivity contribution in [1.29, 1.82) is 0 Å². The monoisotopic (exact) mass is 1300 g/mol. The van der Waals surface area contributed by atoms with Gasteiger partial charge in [-0.2, -0.15) is 0 Å². The molecule has 1 N–H and O–H groups in total. The summed E-state index contributed by atoms with van der Waals surface area (Å²) in [6, 6.07) is 0. The number of carbonyl (C=O) groups excluding carboxylic acids is 4. The number of rotatable bonds is 47. The molecule has 6 aliphatic rings. The number of aliphatic hydroxyl groups is 1. The lowest BCUT2D eigenvalue weighted by Gasteiger charge is -2.71. The highest BCUT2D eigenvalue weighted by Gasteiger charge is 2.70. The van der Waals surface area contributed by atoms with Crippen LogP contribution in [0.1, 0.15) is 403 Å². The van der Waals surface area contributed by atoms with Crippen LogP contribution in [0.4, 0.5) is 0 Å². The number of hydrogen-bond donors (Lipinski definition) is 1. The highest BCUT2D eigenvalue weighted by Crippen LogP contribution is 2.76. The Labute approximate surface area is 571 Å². The summed E-state index contributed by atoms with van der Waals surface area (Å²) in [6.45, 7) is 23.9. The fraction of sp³-hybridized carbons (Fsp3) is 0.928. The number of esters is 4. The Balaban J connectivity index is 1.05. The number of aliphatic hydroxyl groups excluding tert-OH is 1. The van der Waals surface area contributed by atoms with Gasteiger partial charge in [0.15, 0.2) is 18.3 Å². The lowest BCUT2D eigenvalue weighted by molar-refractivity contribution is -0.276. The van der Waals surface area contributed by atoms with Crippen molar-refractivity contribution in [3.05, 3.63) is 11.6 Å². The van der Waals surface area contributed by atoms with Gasteiger partial charge in [0, 0.05) is 24.7 Å². The molecular weight excluding hydrogens is 1160 g/mol. The van der Waals surface area contributed by atoms with E-state index in [9.17, 15) is 19.5 Å². The van der Waals surface area contributed by atoms with Crippen LogP contribution in [0, 0.1) is 50.2 Å². The molecule has 93 heavy (non-hydrogen) atoms. The Hall–Kier alpha value is -2.46. The van der Waals surface area contributed by atoms with Crippen LogP contribution in [-0.2, 0) is 42.9 Å². The summed E-state index contributed by atoms with van der Waals surface area (Å²) in [4.78, 5) is 56.3. The summed E-state index contributed by atoms with van der Waals surface area (Å²) in [5.41, 5.74) is 0.422. The van der Waals surface area contributed by atoms with Crippen LogP contribution in [-0.4, -0.2) is 66.3 Å². The van der Waals surface area contributed by atoms with Gasteiger partial charge in [-0.25, -0.2) is 0 Å². The molecule has 10 heteroatoms. The van der Waals surface area contributed by atoms with E-state index in [0.29, 0.717) is 43.9 Å². The fourth-order valence-corrected chi connectivity index (χ4v) is 19.6. The molecule has 12 atom stereocenters. The highest BCUT2D eigenvalue weighted by molar-refractivity contribution is 5.79. The van der Waals surface area contributed by atoms with Crippen molar-refractivity contribution < 1.29 is 48.0 Å². The maximum atomic E-state index is 15.5. The van der Waals surface area contributed by atoms with Crippen molar-refractivity contribution in [1.82, 2.24) is 0 Å². The molecule has 6 rings (SSSR count). The first-order valence-electron chi connectivity index (χ1n) is 40.5. The molecule has 0 aromatic rings. The Bertz CT molecular complexity index is 2180. The smallest absolute Gasteiger partial charge is 0.315 e. The van der Waals surface area contributed by atoms with Crippen LogP contribution in [0.15, 0.2) is 11.6 Å². The van der Waals surface area contributed by atoms with E-state index >= 15 is 4.79 Å². The standard InChI is InChI=1S/C83H146O10/c1-11-14-17-20-23-26-29-32-35-38-41-44-47-50-71(84)90-67-64-89-76(74(87)75(67)92-73(86)52-49-46-43-40-37-34-31-28-25-22-19-16-13-3)93-77(88)83-61-59-78(4,5)63-66(83)65-53-54-69-80(8)57-56-70(79(6,7)68(80)55-58-82(69,10)81(65,9)60-62-83)91-72(85)51-48-45-42-39-36-33-30-27-24-21-18-15-12-2/h53,66-70,74-76,87H,11-52,54-64H2,1-10H3. The largest absolute Gasteiger partial charge is 0.462 e. The zero-order valence-electron chi connectivity index (χ0n) is 62.3. The van der Waals surface area contributed by atoms with Gasteiger partial charge in [-0.3, -0.25) is 19.2 Å². The Morgan fingerprint density at radius 3 is 1.32 bits per heavy atom. The second-order valence-electron chi connectivity index (χ2n) is 33.8. The van der Waals surface area contributed by atoms with Crippen LogP contribution in [0.3, 0.4) is 0 Å². The first-order valence-corrected chi connectivity index (χ1v) is 40.5. The summed E-state index contributed by atoms with van der Waals surface area (Å²) in [7, 11) is 0. The molecule has 0 spiro atoms. The van der Waals surface area contributed by atoms with E-state index in [-0.39, 0.29) is 70.5 Å². The Morgan fingerprint density at radius 2 is 0.871 bits per heavy atom. The van der Waals surface area contributed by atoms with Gasteiger partial charge in [-0.15, -0.1) is 0 Å². The van der Waals surface area contributed by atoms with Crippen LogP contribution in [0.2, 0.25) is 0 Å². The van der Waals surface area contributed by atoms with E-state index in [2.05, 4.69) is 75.3 Å². The van der Waals surface area contributed by atoms with E-state index < -0.39 is 42.0 Å². The fourth-order valence-electron chi connectivity index (χ4n) is 19.6. The van der Waals surface area contributed by atoms with Crippen molar-refractivity contribution >= 4 is 23.9 Å². The molecule has 0 amide bonds. The first kappa shape index (κ1) is 79.5. The number of fused-ring (bicyclic) bond motifs is 7. The molecule has 4 saturated carbocycles. The lowest BCUT2D eigenvalue weighted by atomic mass is 9.33. The van der Waals surface area contributed by atoms with Crippen molar-refractivity contribution in [2.24, 2.45) is 50.2 Å². The molecular formula is C83H146O10. The summed E-state index contributed by atoms with van der Waals surface area (Å²) in [6.07, 6.45) is 55.5. The summed E-state index contributed by atoms with van der Waals surface area (Å²) in [5.74, 6) is -0.353. The minimum atomic E-state index is -1.53. The zero-order chi connectivity index (χ0) is 67.2. The SMILES string of the molecule is CCCCCCCCCCCCCCCC(=O)OC1COC(OC(=O)C23CCC(C)(C)CC2C2=CCC4C5(C)CCC(OC(=O)CCCCCCCCCCCCCCC)C(C)(C)C5CCC4(C)C2(C)CC3)C(O)C1OC(=O)CCCCCCCCCCCCCCC. The van der Waals surface area contributed by atoms with Gasteiger partial charge in [0.1, 0.15) is 6.10 Å². The van der Waals surface area contributed by atoms with Crippen LogP contribution in [0.25, 0.3) is 0 Å². The third-order valence-corrected chi connectivity index (χ3v) is 25.9. The van der Waals surface area contributed by atoms with E-state index in [1.165, 1.54) is 198 Å². The van der Waals surface area contributed by atoms with E-state index in [1.807, 2.05) is 0 Å². The quantitative estimate of drug-likeness (QED) is 0.0272. The van der Waals surface area contributed by atoms with Crippen LogP contribution in [0.5, 0.6) is 0 Å². The number of unbranched alkanes of at least 4 members (excludes halogenated alkanes) is 36.